The van der Waals surface area contributed by atoms with Crippen molar-refractivity contribution in [2.75, 3.05) is 7.05 Å². The van der Waals surface area contributed by atoms with Gasteiger partial charge in [0.2, 0.25) is 0 Å². The van der Waals surface area contributed by atoms with Crippen LogP contribution in [0.1, 0.15) is 11.9 Å². The van der Waals surface area contributed by atoms with E-state index in [1.807, 2.05) is 73.8 Å². The van der Waals surface area contributed by atoms with Crippen LogP contribution in [-0.4, -0.2) is 52.6 Å². The maximum absolute atomic E-state index is 5.00. The summed E-state index contributed by atoms with van der Waals surface area (Å²) in [6.45, 7) is 0. The molecule has 41 heavy (non-hydrogen) atoms. The van der Waals surface area contributed by atoms with E-state index in [0.29, 0.717) is 34.3 Å². The molecular formula is C29H22N12. The summed E-state index contributed by atoms with van der Waals surface area (Å²) >= 11 is 0. The van der Waals surface area contributed by atoms with E-state index in [2.05, 4.69) is 65.7 Å². The second-order valence-electron chi connectivity index (χ2n) is 9.32. The maximum Gasteiger partial charge on any atom is 0.198 e. The minimum Gasteiger partial charge on any atom is -0.260 e. The van der Waals surface area contributed by atoms with E-state index in [-0.39, 0.29) is 6.17 Å². The molecule has 1 aromatic carbocycles. The first kappa shape index (κ1) is 24.2. The number of nitrogens with one attached hydrogen (secondary N) is 2. The summed E-state index contributed by atoms with van der Waals surface area (Å²) in [7, 11) is 1.84. The Morgan fingerprint density at radius 1 is 0.659 bits per heavy atom. The molecule has 1 aliphatic rings. The molecule has 1 aliphatic heterocycles. The van der Waals surface area contributed by atoms with Crippen LogP contribution in [0.2, 0.25) is 0 Å². The van der Waals surface area contributed by atoms with Gasteiger partial charge in [0.15, 0.2) is 12.0 Å². The molecule has 6 aromatic rings. The molecule has 2 N–H and O–H groups in total. The van der Waals surface area contributed by atoms with Gasteiger partial charge in [-0.1, -0.05) is 52.9 Å². The molecule has 12 nitrogen and oxygen atoms in total. The molecule has 0 amide bonds. The van der Waals surface area contributed by atoms with Crippen molar-refractivity contribution >= 4 is 0 Å². The van der Waals surface area contributed by atoms with Crippen LogP contribution in [0.25, 0.3) is 56.7 Å². The number of aromatic amines is 1. The predicted molar refractivity (Wildman–Crippen MR) is 151 cm³/mol. The smallest absolute Gasteiger partial charge is 0.198 e. The summed E-state index contributed by atoms with van der Waals surface area (Å²) in [5.41, 5.74) is 11.1. The van der Waals surface area contributed by atoms with Gasteiger partial charge >= 0.3 is 0 Å². The lowest BCUT2D eigenvalue weighted by molar-refractivity contribution is 0.266. The Labute approximate surface area is 234 Å². The van der Waals surface area contributed by atoms with Crippen molar-refractivity contribution in [2.24, 2.45) is 10.4 Å². The highest BCUT2D eigenvalue weighted by molar-refractivity contribution is 5.76. The van der Waals surface area contributed by atoms with E-state index >= 15 is 0 Å². The van der Waals surface area contributed by atoms with Gasteiger partial charge in [-0.25, -0.2) is 20.1 Å². The van der Waals surface area contributed by atoms with Gasteiger partial charge in [0.25, 0.3) is 0 Å². The SMILES string of the molecule is CN1N=NNC1c1cccc(-c2cc(-c3ccc(-c4ccccn4)cc3)cc(-c3cccc(-c4nnn[nH]4)n3)n2)n1. The van der Waals surface area contributed by atoms with Gasteiger partial charge in [-0.05, 0) is 70.1 Å². The first-order valence-corrected chi connectivity index (χ1v) is 12.8. The Kier molecular flexibility index (Phi) is 6.09. The van der Waals surface area contributed by atoms with Crippen LogP contribution >= 0.6 is 0 Å². The minimum atomic E-state index is -0.259. The summed E-state index contributed by atoms with van der Waals surface area (Å²) in [5.74, 6) is 0.478. The van der Waals surface area contributed by atoms with E-state index in [1.54, 1.807) is 11.2 Å². The lowest BCUT2D eigenvalue weighted by atomic mass is 10.0. The second kappa shape index (κ2) is 10.3. The topological polar surface area (TPSA) is 146 Å². The number of nitrogens with zero attached hydrogens (tertiary/aromatic N) is 10. The molecule has 12 heteroatoms. The third-order valence-electron chi connectivity index (χ3n) is 6.66. The summed E-state index contributed by atoms with van der Waals surface area (Å²) in [6.07, 6.45) is 1.54. The van der Waals surface area contributed by atoms with E-state index in [1.165, 1.54) is 0 Å². The zero-order valence-electron chi connectivity index (χ0n) is 21.8. The molecule has 198 valence electrons. The summed E-state index contributed by atoms with van der Waals surface area (Å²) < 4.78 is 0. The first-order valence-electron chi connectivity index (χ1n) is 12.8. The summed E-state index contributed by atoms with van der Waals surface area (Å²) in [4.78, 5) is 19.2. The Hall–Kier alpha value is -5.91. The van der Waals surface area contributed by atoms with Gasteiger partial charge in [0, 0.05) is 18.8 Å². The van der Waals surface area contributed by atoms with Crippen LogP contribution in [0, 0.1) is 0 Å². The van der Waals surface area contributed by atoms with Crippen molar-refractivity contribution in [3.8, 4) is 56.7 Å². The Morgan fingerprint density at radius 2 is 1.37 bits per heavy atom. The second-order valence-corrected chi connectivity index (χ2v) is 9.32. The largest absolute Gasteiger partial charge is 0.260 e. The number of hydrogen-bond acceptors (Lipinski definition) is 11. The third-order valence-corrected chi connectivity index (χ3v) is 6.66. The van der Waals surface area contributed by atoms with Gasteiger partial charge < -0.3 is 0 Å². The maximum atomic E-state index is 5.00. The lowest BCUT2D eigenvalue weighted by Gasteiger charge is -2.17. The van der Waals surface area contributed by atoms with Crippen molar-refractivity contribution in [3.05, 3.63) is 103 Å². The van der Waals surface area contributed by atoms with E-state index < -0.39 is 0 Å². The number of aromatic nitrogens is 8. The monoisotopic (exact) mass is 538 g/mol. The molecule has 6 heterocycles. The molecule has 0 saturated heterocycles. The van der Waals surface area contributed by atoms with Gasteiger partial charge in [0.05, 0.1) is 34.2 Å². The molecule has 0 saturated carbocycles. The highest BCUT2D eigenvalue weighted by atomic mass is 15.7. The highest BCUT2D eigenvalue weighted by Crippen LogP contribution is 2.31. The number of pyridine rings is 4. The molecule has 0 bridgehead atoms. The fourth-order valence-corrected chi connectivity index (χ4v) is 4.59. The minimum absolute atomic E-state index is 0.259. The highest BCUT2D eigenvalue weighted by Gasteiger charge is 2.22. The van der Waals surface area contributed by atoms with Crippen LogP contribution < -0.4 is 5.43 Å². The first-order chi connectivity index (χ1) is 20.2. The molecule has 7 rings (SSSR count). The van der Waals surface area contributed by atoms with Crippen LogP contribution in [0.15, 0.2) is 108 Å². The fraction of sp³-hybridized carbons (Fsp3) is 0.0690. The van der Waals surface area contributed by atoms with E-state index in [4.69, 9.17) is 15.0 Å². The number of H-pyrrole nitrogens is 1. The van der Waals surface area contributed by atoms with Crippen LogP contribution in [0.5, 0.6) is 0 Å². The van der Waals surface area contributed by atoms with Crippen LogP contribution in [-0.2, 0) is 0 Å². The number of hydrogen-bond donors (Lipinski definition) is 2. The fourth-order valence-electron chi connectivity index (χ4n) is 4.59. The standard InChI is InChI=1S/C29H22N12/c1-41-29(36-39-40-41)25-10-5-8-23(32-25)27-17-20(18-11-13-19(14-12-18)21-6-2-3-15-30-21)16-26(33-27)22-7-4-9-24(31-22)28-34-37-38-35-28/h2-17,29H,1H3,(H,36,40)(H,34,35,37,38). The van der Waals surface area contributed by atoms with Gasteiger partial charge in [0.1, 0.15) is 5.69 Å². The zero-order chi connectivity index (χ0) is 27.6. The summed E-state index contributed by atoms with van der Waals surface area (Å²) in [6, 6.07) is 29.8. The number of tetrazole rings is 1. The van der Waals surface area contributed by atoms with Crippen molar-refractivity contribution < 1.29 is 0 Å². The zero-order valence-corrected chi connectivity index (χ0v) is 21.8. The summed E-state index contributed by atoms with van der Waals surface area (Å²) in [5, 5.41) is 23.8. The van der Waals surface area contributed by atoms with E-state index in [9.17, 15) is 0 Å². The molecule has 0 radical (unpaired) electrons. The molecule has 1 atom stereocenters. The van der Waals surface area contributed by atoms with E-state index in [0.717, 1.165) is 28.1 Å². The average Bonchev–Trinajstić information content (AvgIpc) is 3.74. The Morgan fingerprint density at radius 3 is 2.07 bits per heavy atom. The lowest BCUT2D eigenvalue weighted by Crippen LogP contribution is -2.24. The predicted octanol–water partition coefficient (Wildman–Crippen LogP) is 4.93. The molecular weight excluding hydrogens is 516 g/mol. The molecule has 0 spiro atoms. The van der Waals surface area contributed by atoms with Crippen molar-refractivity contribution in [2.45, 2.75) is 6.17 Å². The van der Waals surface area contributed by atoms with Gasteiger partial charge in [-0.2, -0.15) is 0 Å². The van der Waals surface area contributed by atoms with Crippen LogP contribution in [0.3, 0.4) is 0 Å². The molecule has 1 unspecified atom stereocenters. The molecule has 0 aliphatic carbocycles. The number of benzene rings is 1. The molecule has 5 aromatic heterocycles. The number of rotatable bonds is 6. The van der Waals surface area contributed by atoms with Crippen molar-refractivity contribution in [1.29, 1.82) is 0 Å². The average molecular weight is 539 g/mol. The Bertz CT molecular complexity index is 1840. The Balaban J connectivity index is 1.33. The van der Waals surface area contributed by atoms with Crippen molar-refractivity contribution in [3.63, 3.8) is 0 Å². The van der Waals surface area contributed by atoms with Gasteiger partial charge in [-0.15, -0.1) is 5.10 Å². The normalized spacial score (nSPS) is 14.3. The van der Waals surface area contributed by atoms with Crippen molar-refractivity contribution in [1.82, 2.24) is 51.0 Å². The third kappa shape index (κ3) is 4.85. The quantitative estimate of drug-likeness (QED) is 0.301. The van der Waals surface area contributed by atoms with Gasteiger partial charge in [-0.3, -0.25) is 15.4 Å². The molecule has 0 fully saturated rings. The van der Waals surface area contributed by atoms with Crippen LogP contribution in [0.4, 0.5) is 0 Å².